The smallest absolute Gasteiger partial charge is 0.127 e. The van der Waals surface area contributed by atoms with Gasteiger partial charge in [-0.15, -0.1) is 0 Å². The Morgan fingerprint density at radius 2 is 1.90 bits per heavy atom. The molecular formula is C17H23NO2. The number of hydrogen-bond acceptors (Lipinski definition) is 3. The van der Waals surface area contributed by atoms with Crippen molar-refractivity contribution in [3.05, 3.63) is 42.5 Å². The van der Waals surface area contributed by atoms with Crippen molar-refractivity contribution >= 4 is 10.8 Å². The molecule has 2 aromatic rings. The molecule has 3 nitrogen and oxygen atoms in total. The van der Waals surface area contributed by atoms with Crippen LogP contribution >= 0.6 is 0 Å². The molecule has 0 aromatic heterocycles. The Kier molecular flexibility index (Phi) is 5.39. The number of ether oxygens (including phenoxy) is 1. The van der Waals surface area contributed by atoms with E-state index in [1.165, 1.54) is 5.39 Å². The van der Waals surface area contributed by atoms with Gasteiger partial charge >= 0.3 is 0 Å². The highest BCUT2D eigenvalue weighted by Gasteiger charge is 2.12. The summed E-state index contributed by atoms with van der Waals surface area (Å²) in [6, 6.07) is 14.5. The van der Waals surface area contributed by atoms with Gasteiger partial charge in [-0.1, -0.05) is 43.3 Å². The van der Waals surface area contributed by atoms with E-state index in [4.69, 9.17) is 4.74 Å². The molecule has 108 valence electrons. The summed E-state index contributed by atoms with van der Waals surface area (Å²) in [5.41, 5.74) is 0. The minimum atomic E-state index is 0.162. The fourth-order valence-electron chi connectivity index (χ4n) is 2.34. The normalized spacial score (nSPS) is 12.8. The van der Waals surface area contributed by atoms with Crippen molar-refractivity contribution in [2.45, 2.75) is 19.4 Å². The monoisotopic (exact) mass is 273 g/mol. The van der Waals surface area contributed by atoms with Crippen LogP contribution in [0, 0.1) is 0 Å². The van der Waals surface area contributed by atoms with Crippen LogP contribution in [-0.2, 0) is 0 Å². The first-order chi connectivity index (χ1) is 9.76. The number of aliphatic hydroxyl groups excluding tert-OH is 1. The first kappa shape index (κ1) is 14.8. The van der Waals surface area contributed by atoms with Crippen LogP contribution in [0.25, 0.3) is 10.8 Å². The number of nitrogens with zero attached hydrogens (tertiary/aromatic N) is 1. The molecule has 3 heteroatoms. The molecular weight excluding hydrogens is 250 g/mol. The van der Waals surface area contributed by atoms with Gasteiger partial charge in [0.25, 0.3) is 0 Å². The highest BCUT2D eigenvalue weighted by Crippen LogP contribution is 2.25. The summed E-state index contributed by atoms with van der Waals surface area (Å²) in [6.07, 6.45) is 0.823. The molecule has 0 aliphatic carbocycles. The lowest BCUT2D eigenvalue weighted by atomic mass is 10.1. The summed E-state index contributed by atoms with van der Waals surface area (Å²) in [7, 11) is 2.03. The van der Waals surface area contributed by atoms with E-state index in [0.29, 0.717) is 6.61 Å². The van der Waals surface area contributed by atoms with Gasteiger partial charge in [0.2, 0.25) is 0 Å². The summed E-state index contributed by atoms with van der Waals surface area (Å²) in [5, 5.41) is 11.7. The van der Waals surface area contributed by atoms with Crippen molar-refractivity contribution in [3.63, 3.8) is 0 Å². The van der Waals surface area contributed by atoms with Gasteiger partial charge in [-0.05, 0) is 31.5 Å². The van der Waals surface area contributed by atoms with E-state index >= 15 is 0 Å². The third-order valence-corrected chi connectivity index (χ3v) is 3.79. The third-order valence-electron chi connectivity index (χ3n) is 3.79. The van der Waals surface area contributed by atoms with Gasteiger partial charge in [0.1, 0.15) is 5.75 Å². The molecule has 0 spiro atoms. The van der Waals surface area contributed by atoms with Crippen LogP contribution < -0.4 is 4.74 Å². The van der Waals surface area contributed by atoms with Gasteiger partial charge in [-0.3, -0.25) is 0 Å². The van der Waals surface area contributed by atoms with Gasteiger partial charge in [0, 0.05) is 11.4 Å². The predicted octanol–water partition coefficient (Wildman–Crippen LogP) is 2.92. The second-order valence-electron chi connectivity index (χ2n) is 5.02. The maximum atomic E-state index is 9.40. The van der Waals surface area contributed by atoms with Crippen LogP contribution in [0.2, 0.25) is 0 Å². The van der Waals surface area contributed by atoms with E-state index in [9.17, 15) is 5.11 Å². The van der Waals surface area contributed by atoms with Crippen molar-refractivity contribution in [2.24, 2.45) is 0 Å². The third kappa shape index (κ3) is 3.50. The summed E-state index contributed by atoms with van der Waals surface area (Å²) in [5.74, 6) is 0.916. The zero-order chi connectivity index (χ0) is 14.4. The van der Waals surface area contributed by atoms with Crippen LogP contribution in [0.1, 0.15) is 13.3 Å². The number of aliphatic hydroxyl groups is 1. The van der Waals surface area contributed by atoms with Crippen LogP contribution in [-0.4, -0.2) is 42.9 Å². The molecule has 0 fully saturated rings. The SMILES string of the molecule is CCN(C)C(CO)CCOc1cccc2ccccc12. The summed E-state index contributed by atoms with van der Waals surface area (Å²) >= 11 is 0. The molecule has 2 aromatic carbocycles. The standard InChI is InChI=1S/C17H23NO2/c1-3-18(2)15(13-19)11-12-20-17-10-6-8-14-7-4-5-9-16(14)17/h4-10,15,19H,3,11-13H2,1-2H3. The predicted molar refractivity (Wildman–Crippen MR) is 83.2 cm³/mol. The second kappa shape index (κ2) is 7.27. The average Bonchev–Trinajstić information content (AvgIpc) is 2.51. The summed E-state index contributed by atoms with van der Waals surface area (Å²) in [6.45, 7) is 3.81. The number of rotatable bonds is 7. The minimum absolute atomic E-state index is 0.162. The number of likely N-dealkylation sites (N-methyl/N-ethyl adjacent to an activating group) is 1. The topological polar surface area (TPSA) is 32.7 Å². The highest BCUT2D eigenvalue weighted by atomic mass is 16.5. The highest BCUT2D eigenvalue weighted by molar-refractivity contribution is 5.88. The van der Waals surface area contributed by atoms with Gasteiger partial charge in [0.15, 0.2) is 0 Å². The molecule has 20 heavy (non-hydrogen) atoms. The molecule has 2 rings (SSSR count). The molecule has 0 saturated carbocycles. The van der Waals surface area contributed by atoms with Crippen LogP contribution in [0.5, 0.6) is 5.75 Å². The number of hydrogen-bond donors (Lipinski definition) is 1. The molecule has 0 amide bonds. The maximum absolute atomic E-state index is 9.40. The number of fused-ring (bicyclic) bond motifs is 1. The van der Waals surface area contributed by atoms with E-state index in [0.717, 1.165) is 24.1 Å². The fourth-order valence-corrected chi connectivity index (χ4v) is 2.34. The molecule has 0 aliphatic heterocycles. The lowest BCUT2D eigenvalue weighted by molar-refractivity contribution is 0.128. The van der Waals surface area contributed by atoms with Crippen molar-refractivity contribution in [1.29, 1.82) is 0 Å². The van der Waals surface area contributed by atoms with Crippen molar-refractivity contribution in [1.82, 2.24) is 4.90 Å². The van der Waals surface area contributed by atoms with Crippen LogP contribution in [0.4, 0.5) is 0 Å². The van der Waals surface area contributed by atoms with Crippen LogP contribution in [0.3, 0.4) is 0 Å². The van der Waals surface area contributed by atoms with E-state index in [1.807, 2.05) is 31.3 Å². The Morgan fingerprint density at radius 3 is 2.65 bits per heavy atom. The molecule has 1 N–H and O–H groups in total. The lowest BCUT2D eigenvalue weighted by Crippen LogP contribution is -2.35. The molecule has 1 unspecified atom stereocenters. The average molecular weight is 273 g/mol. The molecule has 0 radical (unpaired) electrons. The fraction of sp³-hybridized carbons (Fsp3) is 0.412. The zero-order valence-corrected chi connectivity index (χ0v) is 12.2. The van der Waals surface area contributed by atoms with E-state index < -0.39 is 0 Å². The Bertz CT molecular complexity index is 536. The second-order valence-corrected chi connectivity index (χ2v) is 5.02. The van der Waals surface area contributed by atoms with Crippen molar-refractivity contribution in [2.75, 3.05) is 26.8 Å². The van der Waals surface area contributed by atoms with Gasteiger partial charge in [-0.25, -0.2) is 0 Å². The van der Waals surface area contributed by atoms with E-state index in [-0.39, 0.29) is 12.6 Å². The minimum Gasteiger partial charge on any atom is -0.493 e. The largest absolute Gasteiger partial charge is 0.493 e. The maximum Gasteiger partial charge on any atom is 0.127 e. The van der Waals surface area contributed by atoms with Gasteiger partial charge in [-0.2, -0.15) is 0 Å². The Morgan fingerprint density at radius 1 is 1.15 bits per heavy atom. The van der Waals surface area contributed by atoms with Crippen molar-refractivity contribution < 1.29 is 9.84 Å². The molecule has 0 heterocycles. The van der Waals surface area contributed by atoms with Gasteiger partial charge in [0.05, 0.1) is 13.2 Å². The number of benzene rings is 2. The van der Waals surface area contributed by atoms with Crippen molar-refractivity contribution in [3.8, 4) is 5.75 Å². The Balaban J connectivity index is 1.99. The van der Waals surface area contributed by atoms with Gasteiger partial charge < -0.3 is 14.7 Å². The Labute approximate surface area is 120 Å². The van der Waals surface area contributed by atoms with E-state index in [2.05, 4.69) is 30.0 Å². The van der Waals surface area contributed by atoms with Crippen LogP contribution in [0.15, 0.2) is 42.5 Å². The molecule has 1 atom stereocenters. The molecule has 0 saturated heterocycles. The summed E-state index contributed by atoms with van der Waals surface area (Å²) < 4.78 is 5.91. The first-order valence-corrected chi connectivity index (χ1v) is 7.18. The Hall–Kier alpha value is -1.58. The molecule has 0 bridgehead atoms. The van der Waals surface area contributed by atoms with E-state index in [1.54, 1.807) is 0 Å². The summed E-state index contributed by atoms with van der Waals surface area (Å²) in [4.78, 5) is 2.15. The lowest BCUT2D eigenvalue weighted by Gasteiger charge is -2.25. The first-order valence-electron chi connectivity index (χ1n) is 7.18. The quantitative estimate of drug-likeness (QED) is 0.842. The molecule has 0 aliphatic rings. The zero-order valence-electron chi connectivity index (χ0n) is 12.2.